The first-order chi connectivity index (χ1) is 11.0. The van der Waals surface area contributed by atoms with Crippen molar-refractivity contribution in [2.45, 2.75) is 18.2 Å². The van der Waals surface area contributed by atoms with Gasteiger partial charge in [-0.15, -0.1) is 11.3 Å². The van der Waals surface area contributed by atoms with E-state index in [1.54, 1.807) is 47.7 Å². The summed E-state index contributed by atoms with van der Waals surface area (Å²) in [6.07, 6.45) is 3.33. The predicted octanol–water partition coefficient (Wildman–Crippen LogP) is 3.48. The molecule has 23 heavy (non-hydrogen) atoms. The molecule has 122 valence electrons. The van der Waals surface area contributed by atoms with Crippen LogP contribution in [-0.2, 0) is 19.4 Å². The standard InChI is InChI=1S/C17H18O4S2/c1-14-8-9-15(22-14)10-11-17(18)21-12-5-13-23(19,20)16-6-3-2-4-7-16/h2-4,6-11H,5,12-13H2,1H3/b11-10+. The first-order valence-electron chi connectivity index (χ1n) is 7.16. The van der Waals surface area contributed by atoms with Crippen molar-refractivity contribution in [1.29, 1.82) is 0 Å². The second kappa shape index (κ2) is 8.08. The minimum absolute atomic E-state index is 0.0435. The van der Waals surface area contributed by atoms with Crippen LogP contribution in [0.1, 0.15) is 16.2 Å². The van der Waals surface area contributed by atoms with E-state index in [2.05, 4.69) is 0 Å². The molecule has 0 spiro atoms. The molecule has 0 unspecified atom stereocenters. The van der Waals surface area contributed by atoms with Crippen molar-refractivity contribution >= 4 is 33.2 Å². The maximum atomic E-state index is 12.0. The van der Waals surface area contributed by atoms with Gasteiger partial charge >= 0.3 is 5.97 Å². The molecule has 1 aromatic carbocycles. The van der Waals surface area contributed by atoms with E-state index in [1.165, 1.54) is 11.0 Å². The lowest BCUT2D eigenvalue weighted by atomic mass is 10.4. The lowest BCUT2D eigenvalue weighted by Gasteiger charge is -2.04. The molecule has 6 heteroatoms. The Morgan fingerprint density at radius 3 is 2.57 bits per heavy atom. The molecule has 4 nitrogen and oxygen atoms in total. The highest BCUT2D eigenvalue weighted by Crippen LogP contribution is 2.16. The summed E-state index contributed by atoms with van der Waals surface area (Å²) in [7, 11) is -3.32. The molecule has 2 rings (SSSR count). The molecule has 0 bridgehead atoms. The zero-order valence-electron chi connectivity index (χ0n) is 12.8. The van der Waals surface area contributed by atoms with Gasteiger partial charge in [-0.2, -0.15) is 0 Å². The molecule has 2 aromatic rings. The number of rotatable bonds is 7. The molecule has 0 aliphatic carbocycles. The number of carbonyl (C=O) groups excluding carboxylic acids is 1. The molecule has 0 fully saturated rings. The van der Waals surface area contributed by atoms with E-state index in [9.17, 15) is 13.2 Å². The Labute approximate surface area is 140 Å². The predicted molar refractivity (Wildman–Crippen MR) is 92.2 cm³/mol. The van der Waals surface area contributed by atoms with E-state index in [4.69, 9.17) is 4.74 Å². The molecule has 0 saturated heterocycles. The van der Waals surface area contributed by atoms with Gasteiger partial charge in [-0.1, -0.05) is 18.2 Å². The molecule has 0 atom stereocenters. The van der Waals surface area contributed by atoms with Crippen molar-refractivity contribution in [2.75, 3.05) is 12.4 Å². The van der Waals surface area contributed by atoms with E-state index in [1.807, 2.05) is 19.1 Å². The van der Waals surface area contributed by atoms with Crippen LogP contribution in [0.3, 0.4) is 0 Å². The van der Waals surface area contributed by atoms with Crippen LogP contribution in [-0.4, -0.2) is 26.7 Å². The SMILES string of the molecule is Cc1ccc(/C=C/C(=O)OCCCS(=O)(=O)c2ccccc2)s1. The van der Waals surface area contributed by atoms with Gasteiger partial charge in [0.2, 0.25) is 0 Å². The molecule has 0 amide bonds. The fraction of sp³-hybridized carbons (Fsp3) is 0.235. The molecule has 0 saturated carbocycles. The fourth-order valence-electron chi connectivity index (χ4n) is 1.91. The fourth-order valence-corrected chi connectivity index (χ4v) is 3.99. The average molecular weight is 350 g/mol. The van der Waals surface area contributed by atoms with Crippen LogP contribution in [0.4, 0.5) is 0 Å². The molecule has 1 aromatic heterocycles. The van der Waals surface area contributed by atoms with Gasteiger partial charge < -0.3 is 4.74 Å². The van der Waals surface area contributed by atoms with Gasteiger partial charge in [0.05, 0.1) is 17.3 Å². The summed E-state index contributed by atoms with van der Waals surface area (Å²) in [5.74, 6) is -0.508. The van der Waals surface area contributed by atoms with Crippen molar-refractivity contribution in [1.82, 2.24) is 0 Å². The molecular weight excluding hydrogens is 332 g/mol. The van der Waals surface area contributed by atoms with Gasteiger partial charge in [-0.25, -0.2) is 13.2 Å². The van der Waals surface area contributed by atoms with Gasteiger partial charge in [-0.3, -0.25) is 0 Å². The normalized spacial score (nSPS) is 11.7. The van der Waals surface area contributed by atoms with Crippen LogP contribution in [0.25, 0.3) is 6.08 Å². The highest BCUT2D eigenvalue weighted by Gasteiger charge is 2.13. The summed E-state index contributed by atoms with van der Waals surface area (Å²) >= 11 is 1.59. The number of ether oxygens (including phenoxy) is 1. The van der Waals surface area contributed by atoms with Crippen LogP contribution in [0, 0.1) is 6.92 Å². The zero-order chi connectivity index (χ0) is 16.7. The minimum Gasteiger partial charge on any atom is -0.462 e. The summed E-state index contributed by atoms with van der Waals surface area (Å²) in [6.45, 7) is 2.08. The summed E-state index contributed by atoms with van der Waals surface area (Å²) in [5, 5.41) is 0. The van der Waals surface area contributed by atoms with Crippen LogP contribution in [0.5, 0.6) is 0 Å². The van der Waals surface area contributed by atoms with E-state index in [0.29, 0.717) is 4.90 Å². The Kier molecular flexibility index (Phi) is 6.12. The molecule has 0 N–H and O–H groups in total. The van der Waals surface area contributed by atoms with Crippen molar-refractivity contribution < 1.29 is 17.9 Å². The van der Waals surface area contributed by atoms with Crippen molar-refractivity contribution in [2.24, 2.45) is 0 Å². The van der Waals surface area contributed by atoms with Crippen molar-refractivity contribution in [3.05, 3.63) is 58.3 Å². The Morgan fingerprint density at radius 2 is 1.91 bits per heavy atom. The van der Waals surface area contributed by atoms with Crippen molar-refractivity contribution in [3.8, 4) is 0 Å². The maximum Gasteiger partial charge on any atom is 0.330 e. The van der Waals surface area contributed by atoms with E-state index < -0.39 is 15.8 Å². The molecule has 0 radical (unpaired) electrons. The molecular formula is C17H18O4S2. The largest absolute Gasteiger partial charge is 0.462 e. The Morgan fingerprint density at radius 1 is 1.17 bits per heavy atom. The first kappa shape index (κ1) is 17.4. The highest BCUT2D eigenvalue weighted by molar-refractivity contribution is 7.91. The maximum absolute atomic E-state index is 12.0. The first-order valence-corrected chi connectivity index (χ1v) is 9.63. The number of esters is 1. The third kappa shape index (κ3) is 5.65. The van der Waals surface area contributed by atoms with Gasteiger partial charge in [-0.05, 0) is 43.7 Å². The van der Waals surface area contributed by atoms with E-state index in [-0.39, 0.29) is 18.8 Å². The third-order valence-electron chi connectivity index (χ3n) is 3.05. The van der Waals surface area contributed by atoms with Crippen LogP contribution in [0.2, 0.25) is 0 Å². The van der Waals surface area contributed by atoms with Gasteiger partial charge in [0.1, 0.15) is 0 Å². The Bertz CT molecular complexity index is 774. The van der Waals surface area contributed by atoms with Crippen LogP contribution in [0.15, 0.2) is 53.4 Å². The van der Waals surface area contributed by atoms with E-state index >= 15 is 0 Å². The zero-order valence-corrected chi connectivity index (χ0v) is 14.4. The van der Waals surface area contributed by atoms with Gasteiger partial charge in [0, 0.05) is 15.8 Å². The summed E-state index contributed by atoms with van der Waals surface area (Å²) in [5.41, 5.74) is 0. The number of aryl methyl sites for hydroxylation is 1. The minimum atomic E-state index is -3.32. The van der Waals surface area contributed by atoms with E-state index in [0.717, 1.165) is 4.88 Å². The Hall–Kier alpha value is -1.92. The lowest BCUT2D eigenvalue weighted by molar-refractivity contribution is -0.137. The number of hydrogen-bond acceptors (Lipinski definition) is 5. The smallest absolute Gasteiger partial charge is 0.330 e. The summed E-state index contributed by atoms with van der Waals surface area (Å²) in [4.78, 5) is 14.0. The topological polar surface area (TPSA) is 60.4 Å². The second-order valence-electron chi connectivity index (χ2n) is 4.93. The van der Waals surface area contributed by atoms with Crippen LogP contribution >= 0.6 is 11.3 Å². The number of hydrogen-bond donors (Lipinski definition) is 0. The van der Waals surface area contributed by atoms with Crippen LogP contribution < -0.4 is 0 Å². The summed E-state index contributed by atoms with van der Waals surface area (Å²) < 4.78 is 29.1. The average Bonchev–Trinajstić information content (AvgIpc) is 2.96. The highest BCUT2D eigenvalue weighted by atomic mass is 32.2. The van der Waals surface area contributed by atoms with Gasteiger partial charge in [0.15, 0.2) is 9.84 Å². The molecule has 1 heterocycles. The molecule has 0 aliphatic heterocycles. The number of thiophene rings is 1. The number of carbonyl (C=O) groups is 1. The monoisotopic (exact) mass is 350 g/mol. The third-order valence-corrected chi connectivity index (χ3v) is 5.83. The van der Waals surface area contributed by atoms with Gasteiger partial charge in [0.25, 0.3) is 0 Å². The molecule has 0 aliphatic rings. The number of benzene rings is 1. The second-order valence-corrected chi connectivity index (χ2v) is 8.36. The Balaban J connectivity index is 1.75. The lowest BCUT2D eigenvalue weighted by Crippen LogP contribution is -2.11. The quantitative estimate of drug-likeness (QED) is 0.436. The summed E-state index contributed by atoms with van der Waals surface area (Å²) in [6, 6.07) is 12.2. The number of sulfone groups is 1. The van der Waals surface area contributed by atoms with Crippen molar-refractivity contribution in [3.63, 3.8) is 0 Å².